The van der Waals surface area contributed by atoms with Crippen molar-refractivity contribution in [2.45, 2.75) is 113 Å². The number of carbonyl (C=O) groups excluding carboxylic acids is 1. The van der Waals surface area contributed by atoms with Crippen LogP contribution in [0.3, 0.4) is 0 Å². The first-order valence-corrected chi connectivity index (χ1v) is 19.2. The number of ether oxygens (including phenoxy) is 2. The van der Waals surface area contributed by atoms with Gasteiger partial charge in [-0.25, -0.2) is 0 Å². The molecule has 0 amide bonds. The molecule has 5 nitrogen and oxygen atoms in total. The van der Waals surface area contributed by atoms with Gasteiger partial charge >= 0.3 is 5.97 Å². The average molecular weight is 633 g/mol. The summed E-state index contributed by atoms with van der Waals surface area (Å²) in [5, 5.41) is 8.85. The van der Waals surface area contributed by atoms with E-state index in [4.69, 9.17) is 14.6 Å². The summed E-state index contributed by atoms with van der Waals surface area (Å²) in [7, 11) is 0.888. The number of benzene rings is 1. The molecule has 246 valence electrons. The van der Waals surface area contributed by atoms with E-state index in [1.165, 1.54) is 55.8 Å². The summed E-state index contributed by atoms with van der Waals surface area (Å²) in [6, 6.07) is 8.66. The maximum atomic E-state index is 11.9. The zero-order valence-corrected chi connectivity index (χ0v) is 30.0. The van der Waals surface area contributed by atoms with Crippen molar-refractivity contribution in [3.05, 3.63) is 46.5 Å². The highest BCUT2D eigenvalue weighted by Gasteiger charge is 2.65. The number of hydrogen-bond acceptors (Lipinski definition) is 5. The third-order valence-electron chi connectivity index (χ3n) is 13.7. The molecule has 4 saturated carbocycles. The number of rotatable bonds is 6. The molecule has 0 spiro atoms. The smallest absolute Gasteiger partial charge is 0.302 e. The third-order valence-corrected chi connectivity index (χ3v) is 15.1. The van der Waals surface area contributed by atoms with Gasteiger partial charge in [0.05, 0.1) is 5.41 Å². The van der Waals surface area contributed by atoms with Gasteiger partial charge in [-0.05, 0) is 123 Å². The number of nitrogens with zero attached hydrogens (tertiary/aromatic N) is 2. The zero-order chi connectivity index (χ0) is 32.1. The molecule has 4 fully saturated rings. The predicted molar refractivity (Wildman–Crippen MR) is 187 cm³/mol. The van der Waals surface area contributed by atoms with Crippen LogP contribution >= 0.6 is 8.58 Å². The Bertz CT molecular complexity index is 1350. The van der Waals surface area contributed by atoms with Crippen molar-refractivity contribution in [1.29, 1.82) is 0 Å². The molecule has 1 aromatic carbocycles. The fraction of sp³-hybridized carbons (Fsp3) is 0.718. The summed E-state index contributed by atoms with van der Waals surface area (Å²) in [4.78, 5) is 11.9. The first kappa shape index (κ1) is 32.9. The second-order valence-corrected chi connectivity index (χ2v) is 17.4. The van der Waals surface area contributed by atoms with Crippen LogP contribution in [0.4, 0.5) is 0 Å². The second-order valence-electron chi connectivity index (χ2n) is 16.2. The number of aryl methyl sites for hydroxylation is 1. The molecule has 0 aromatic heterocycles. The first-order valence-electron chi connectivity index (χ1n) is 17.8. The van der Waals surface area contributed by atoms with Crippen molar-refractivity contribution in [2.75, 3.05) is 12.3 Å². The van der Waals surface area contributed by atoms with Gasteiger partial charge in [0.15, 0.2) is 0 Å². The Labute approximate surface area is 274 Å². The molecule has 1 aromatic rings. The molecule has 1 heterocycles. The van der Waals surface area contributed by atoms with Crippen LogP contribution in [-0.2, 0) is 20.9 Å². The summed E-state index contributed by atoms with van der Waals surface area (Å²) in [6.07, 6.45) is 12.0. The van der Waals surface area contributed by atoms with Crippen LogP contribution in [0, 0.1) is 58.7 Å². The lowest BCUT2D eigenvalue weighted by Gasteiger charge is -2.67. The first-order chi connectivity index (χ1) is 21.4. The zero-order valence-electron chi connectivity index (χ0n) is 29.0. The minimum atomic E-state index is -0.162. The average Bonchev–Trinajstić information content (AvgIpc) is 3.00. The van der Waals surface area contributed by atoms with E-state index in [0.717, 1.165) is 33.5 Å². The molecule has 5 aliphatic rings. The van der Waals surface area contributed by atoms with Crippen LogP contribution in [0.25, 0.3) is 0 Å². The molecule has 45 heavy (non-hydrogen) atoms. The Hall–Kier alpha value is -2.00. The highest BCUT2D eigenvalue weighted by molar-refractivity contribution is 7.38. The summed E-state index contributed by atoms with van der Waals surface area (Å²) < 4.78 is 12.6. The topological polar surface area (TPSA) is 60.3 Å². The number of carbonyl (C=O) groups is 1. The molecule has 6 rings (SSSR count). The van der Waals surface area contributed by atoms with Crippen molar-refractivity contribution >= 4 is 27.2 Å². The van der Waals surface area contributed by atoms with Gasteiger partial charge in [0.2, 0.25) is 5.90 Å². The lowest BCUT2D eigenvalue weighted by molar-refractivity contribution is -0.188. The molecule has 10 atom stereocenters. The van der Waals surface area contributed by atoms with E-state index >= 15 is 0 Å². The number of fused-ring (bicyclic) bond motifs is 7. The highest BCUT2D eigenvalue weighted by Crippen LogP contribution is 2.71. The van der Waals surface area contributed by atoms with Gasteiger partial charge in [0.25, 0.3) is 0 Å². The molecular weight excluding hydrogens is 575 g/mol. The summed E-state index contributed by atoms with van der Waals surface area (Å²) in [6.45, 7) is 20.5. The molecule has 4 aliphatic carbocycles. The molecule has 0 saturated heterocycles. The van der Waals surface area contributed by atoms with Crippen molar-refractivity contribution in [2.24, 2.45) is 62.0 Å². The van der Waals surface area contributed by atoms with E-state index in [1.807, 2.05) is 0 Å². The fourth-order valence-corrected chi connectivity index (χ4v) is 13.6. The SMILES string of the molecule is C=N/N=C(\OCc1ccc(C)cc1)C12CCC3C(CCC4C3(C)CCC3C(C)C(OC(C)=O)CCC34C)C1=C(C(C)C)CPC2. The van der Waals surface area contributed by atoms with Crippen LogP contribution < -0.4 is 0 Å². The highest BCUT2D eigenvalue weighted by atomic mass is 31.1. The molecular formula is C39H57N2O3P. The van der Waals surface area contributed by atoms with Gasteiger partial charge in [0, 0.05) is 13.6 Å². The lowest BCUT2D eigenvalue weighted by Crippen LogP contribution is -2.61. The third kappa shape index (κ3) is 5.55. The number of hydrogen-bond donors (Lipinski definition) is 0. The van der Waals surface area contributed by atoms with Gasteiger partial charge < -0.3 is 9.47 Å². The maximum Gasteiger partial charge on any atom is 0.302 e. The summed E-state index contributed by atoms with van der Waals surface area (Å²) >= 11 is 0. The fourth-order valence-electron chi connectivity index (χ4n) is 11.6. The van der Waals surface area contributed by atoms with E-state index in [2.05, 4.69) is 77.6 Å². The van der Waals surface area contributed by atoms with Crippen molar-refractivity contribution in [3.63, 3.8) is 0 Å². The second kappa shape index (κ2) is 12.6. The van der Waals surface area contributed by atoms with Crippen molar-refractivity contribution in [1.82, 2.24) is 0 Å². The normalized spacial score (nSPS) is 40.2. The molecule has 0 radical (unpaired) electrons. The standard InChI is InChI=1S/C39H57N2O3P/c1-24(2)30-22-45-23-39(36(41-40-8)43-21-28-11-9-25(3)10-12-28)20-16-32-29(35(30)39)13-14-34-37(6)19-17-33(44-27(5)42)26(4)31(37)15-18-38(32,34)7/h9-12,24,26,29,31-34,45H,8,13-23H2,1-7H3/b41-36-. The van der Waals surface area contributed by atoms with Gasteiger partial charge in [-0.15, -0.1) is 13.7 Å². The number of esters is 1. The van der Waals surface area contributed by atoms with Gasteiger partial charge in [0.1, 0.15) is 12.7 Å². The molecule has 1 aliphatic heterocycles. The van der Waals surface area contributed by atoms with E-state index < -0.39 is 0 Å². The minimum Gasteiger partial charge on any atom is -0.474 e. The maximum absolute atomic E-state index is 11.9. The largest absolute Gasteiger partial charge is 0.474 e. The molecule has 6 heteroatoms. The Morgan fingerprint density at radius 3 is 2.40 bits per heavy atom. The Kier molecular flexibility index (Phi) is 9.18. The van der Waals surface area contributed by atoms with E-state index in [0.29, 0.717) is 52.9 Å². The summed E-state index contributed by atoms with van der Waals surface area (Å²) in [5.41, 5.74) is 6.27. The minimum absolute atomic E-state index is 0.0782. The Balaban J connectivity index is 1.33. The van der Waals surface area contributed by atoms with E-state index in [9.17, 15) is 4.79 Å². The van der Waals surface area contributed by atoms with Crippen LogP contribution in [0.5, 0.6) is 0 Å². The van der Waals surface area contributed by atoms with Crippen molar-refractivity contribution in [3.8, 4) is 0 Å². The van der Waals surface area contributed by atoms with Gasteiger partial charge in [-0.3, -0.25) is 4.79 Å². The van der Waals surface area contributed by atoms with Crippen molar-refractivity contribution < 1.29 is 14.3 Å². The Morgan fingerprint density at radius 1 is 1.02 bits per heavy atom. The summed E-state index contributed by atoms with van der Waals surface area (Å²) in [5.74, 6) is 4.25. The molecule has 0 N–H and O–H groups in total. The van der Waals surface area contributed by atoms with Crippen LogP contribution in [0.15, 0.2) is 45.6 Å². The number of allylic oxidation sites excluding steroid dienone is 1. The van der Waals surface area contributed by atoms with E-state index in [-0.39, 0.29) is 17.5 Å². The quantitative estimate of drug-likeness (QED) is 0.0784. The van der Waals surface area contributed by atoms with Gasteiger partial charge in [-0.2, -0.15) is 5.10 Å². The van der Waals surface area contributed by atoms with Crippen LogP contribution in [0.1, 0.15) is 104 Å². The Morgan fingerprint density at radius 2 is 1.71 bits per heavy atom. The van der Waals surface area contributed by atoms with E-state index in [1.54, 1.807) is 18.1 Å². The van der Waals surface area contributed by atoms with Crippen LogP contribution in [-0.4, -0.2) is 37.0 Å². The van der Waals surface area contributed by atoms with Crippen LogP contribution in [0.2, 0.25) is 0 Å². The lowest BCUT2D eigenvalue weighted by atomic mass is 9.38. The predicted octanol–water partition coefficient (Wildman–Crippen LogP) is 9.38. The van der Waals surface area contributed by atoms with Gasteiger partial charge in [-0.1, -0.05) is 75.6 Å². The molecule has 10 unspecified atom stereocenters. The monoisotopic (exact) mass is 632 g/mol. The molecule has 0 bridgehead atoms.